The van der Waals surface area contributed by atoms with Gasteiger partial charge in [0, 0.05) is 12.0 Å². The maximum Gasteiger partial charge on any atom is 0.433 e. The lowest BCUT2D eigenvalue weighted by molar-refractivity contribution is -0.141. The molecule has 31 heavy (non-hydrogen) atoms. The van der Waals surface area contributed by atoms with Crippen LogP contribution in [0.25, 0.3) is 10.2 Å². The summed E-state index contributed by atoms with van der Waals surface area (Å²) in [5.74, 6) is 1.45. The van der Waals surface area contributed by atoms with Gasteiger partial charge < -0.3 is 5.32 Å². The van der Waals surface area contributed by atoms with Crippen LogP contribution in [0.15, 0.2) is 30.5 Å². The minimum atomic E-state index is -4.61. The molecule has 0 aliphatic heterocycles. The van der Waals surface area contributed by atoms with Crippen molar-refractivity contribution in [2.24, 2.45) is 11.8 Å². The van der Waals surface area contributed by atoms with Crippen LogP contribution < -0.4 is 5.32 Å². The van der Waals surface area contributed by atoms with E-state index in [-0.39, 0.29) is 11.5 Å². The molecule has 0 bridgehead atoms. The molecule has 164 valence electrons. The predicted molar refractivity (Wildman–Crippen MR) is 114 cm³/mol. The van der Waals surface area contributed by atoms with E-state index in [1.165, 1.54) is 18.9 Å². The first kappa shape index (κ1) is 21.7. The van der Waals surface area contributed by atoms with Gasteiger partial charge in [0.05, 0.1) is 21.4 Å². The summed E-state index contributed by atoms with van der Waals surface area (Å²) in [6.07, 6.45) is 1.65. The van der Waals surface area contributed by atoms with E-state index >= 15 is 0 Å². The zero-order valence-corrected chi connectivity index (χ0v) is 18.1. The maximum absolute atomic E-state index is 12.8. The molecule has 1 amide bonds. The van der Waals surface area contributed by atoms with Gasteiger partial charge in [-0.3, -0.25) is 4.79 Å². The summed E-state index contributed by atoms with van der Waals surface area (Å²) < 4.78 is 39.4. The van der Waals surface area contributed by atoms with Crippen LogP contribution in [-0.4, -0.2) is 20.9 Å². The van der Waals surface area contributed by atoms with Gasteiger partial charge in [0.15, 0.2) is 0 Å². The maximum atomic E-state index is 12.8. The van der Waals surface area contributed by atoms with Crippen LogP contribution in [0.2, 0.25) is 0 Å². The second kappa shape index (κ2) is 8.53. The topological polar surface area (TPSA) is 67.8 Å². The van der Waals surface area contributed by atoms with Crippen molar-refractivity contribution in [1.29, 1.82) is 0 Å². The average molecular weight is 449 g/mol. The molecule has 1 fully saturated rings. The molecule has 0 spiro atoms. The summed E-state index contributed by atoms with van der Waals surface area (Å²) in [5.41, 5.74) is -0.660. The lowest BCUT2D eigenvalue weighted by Gasteiger charge is -2.29. The molecule has 0 atom stereocenters. The van der Waals surface area contributed by atoms with Crippen LogP contribution >= 0.6 is 11.3 Å². The van der Waals surface area contributed by atoms with Crippen molar-refractivity contribution in [2.75, 3.05) is 5.32 Å². The highest BCUT2D eigenvalue weighted by atomic mass is 32.1. The van der Waals surface area contributed by atoms with E-state index < -0.39 is 17.8 Å². The van der Waals surface area contributed by atoms with Crippen molar-refractivity contribution in [2.45, 2.75) is 51.6 Å². The van der Waals surface area contributed by atoms with Crippen molar-refractivity contribution in [3.8, 4) is 0 Å². The van der Waals surface area contributed by atoms with Crippen LogP contribution in [0.3, 0.4) is 0 Å². The quantitative estimate of drug-likeness (QED) is 0.510. The third-order valence-electron chi connectivity index (χ3n) is 5.87. The fourth-order valence-corrected chi connectivity index (χ4v) is 5.17. The Balaban J connectivity index is 1.48. The first-order valence-corrected chi connectivity index (χ1v) is 11.1. The second-order valence-corrected chi connectivity index (χ2v) is 9.37. The molecular weight excluding hydrogens is 425 g/mol. The van der Waals surface area contributed by atoms with E-state index in [9.17, 15) is 18.0 Å². The van der Waals surface area contributed by atoms with E-state index in [1.807, 2.05) is 0 Å². The highest BCUT2D eigenvalue weighted by molar-refractivity contribution is 7.18. The molecule has 1 saturated carbocycles. The minimum Gasteiger partial charge on any atom is -0.305 e. The SMILES string of the molecule is CC(C)C1CCC(c2nc3cnc(NC(=O)c4cccc(C(F)(F)F)n4)cc3s2)CC1. The summed E-state index contributed by atoms with van der Waals surface area (Å²) in [6.45, 7) is 4.55. The van der Waals surface area contributed by atoms with Crippen molar-refractivity contribution < 1.29 is 18.0 Å². The summed E-state index contributed by atoms with van der Waals surface area (Å²) >= 11 is 1.59. The number of carbonyl (C=O) groups is 1. The Morgan fingerprint density at radius 3 is 2.58 bits per heavy atom. The number of nitrogens with zero attached hydrogens (tertiary/aromatic N) is 3. The Morgan fingerprint density at radius 1 is 1.16 bits per heavy atom. The molecule has 1 N–H and O–H groups in total. The molecule has 9 heteroatoms. The summed E-state index contributed by atoms with van der Waals surface area (Å²) in [5, 5.41) is 3.62. The zero-order valence-electron chi connectivity index (χ0n) is 17.2. The number of amides is 1. The monoisotopic (exact) mass is 448 g/mol. The molecule has 3 aromatic heterocycles. The van der Waals surface area contributed by atoms with Crippen LogP contribution in [0.1, 0.15) is 66.6 Å². The Hall–Kier alpha value is -2.55. The molecule has 3 heterocycles. The molecule has 5 nitrogen and oxygen atoms in total. The fourth-order valence-electron chi connectivity index (χ4n) is 4.02. The number of hydrogen-bond donors (Lipinski definition) is 1. The molecule has 0 radical (unpaired) electrons. The van der Waals surface area contributed by atoms with Crippen molar-refractivity contribution in [1.82, 2.24) is 15.0 Å². The molecule has 1 aliphatic rings. The summed E-state index contributed by atoms with van der Waals surface area (Å²) in [6, 6.07) is 4.93. The van der Waals surface area contributed by atoms with Gasteiger partial charge in [0.2, 0.25) is 0 Å². The zero-order chi connectivity index (χ0) is 22.2. The number of halogens is 3. The third-order valence-corrected chi connectivity index (χ3v) is 7.05. The largest absolute Gasteiger partial charge is 0.433 e. The number of aromatic nitrogens is 3. The lowest BCUT2D eigenvalue weighted by atomic mass is 9.77. The summed E-state index contributed by atoms with van der Waals surface area (Å²) in [4.78, 5) is 24.7. The Kier molecular flexibility index (Phi) is 5.96. The molecule has 1 aliphatic carbocycles. The number of nitrogens with one attached hydrogen (secondary N) is 1. The van der Waals surface area contributed by atoms with Gasteiger partial charge in [-0.05, 0) is 49.7 Å². The van der Waals surface area contributed by atoms with Gasteiger partial charge in [-0.2, -0.15) is 13.2 Å². The molecule has 3 aromatic rings. The van der Waals surface area contributed by atoms with Crippen LogP contribution in [0.4, 0.5) is 19.0 Å². The van der Waals surface area contributed by atoms with Gasteiger partial charge in [-0.1, -0.05) is 19.9 Å². The standard InChI is InChI=1S/C22H23F3N4OS/c1-12(2)13-6-8-14(9-7-13)21-28-16-11-26-19(10-17(16)31-21)29-20(30)15-4-3-5-18(27-15)22(23,24)25/h3-5,10-14H,6-9H2,1-2H3,(H,26,29,30). The number of hydrogen-bond acceptors (Lipinski definition) is 5. The van der Waals surface area contributed by atoms with Crippen molar-refractivity contribution in [3.05, 3.63) is 46.9 Å². The van der Waals surface area contributed by atoms with Gasteiger partial charge in [-0.25, -0.2) is 15.0 Å². The predicted octanol–water partition coefficient (Wildman–Crippen LogP) is 6.29. The Bertz CT molecular complexity index is 1090. The van der Waals surface area contributed by atoms with Gasteiger partial charge in [-0.15, -0.1) is 11.3 Å². The van der Waals surface area contributed by atoms with Gasteiger partial charge in [0.25, 0.3) is 5.91 Å². The van der Waals surface area contributed by atoms with Crippen molar-refractivity contribution >= 4 is 33.3 Å². The minimum absolute atomic E-state index is 0.260. The Morgan fingerprint density at radius 2 is 1.90 bits per heavy atom. The van der Waals surface area contributed by atoms with Crippen LogP contribution in [0, 0.1) is 11.8 Å². The average Bonchev–Trinajstić information content (AvgIpc) is 3.16. The third kappa shape index (κ3) is 4.87. The smallest absolute Gasteiger partial charge is 0.305 e. The van der Waals surface area contributed by atoms with E-state index in [2.05, 4.69) is 29.1 Å². The van der Waals surface area contributed by atoms with E-state index in [0.29, 0.717) is 11.8 Å². The number of rotatable bonds is 4. The number of anilines is 1. The van der Waals surface area contributed by atoms with E-state index in [4.69, 9.17) is 4.98 Å². The normalized spacial score (nSPS) is 19.7. The lowest BCUT2D eigenvalue weighted by Crippen LogP contribution is -2.17. The molecule has 0 aromatic carbocycles. The van der Waals surface area contributed by atoms with E-state index in [1.54, 1.807) is 23.6 Å². The second-order valence-electron chi connectivity index (χ2n) is 8.31. The molecule has 0 unspecified atom stereocenters. The number of thiazole rings is 1. The highest BCUT2D eigenvalue weighted by Gasteiger charge is 2.33. The fraction of sp³-hybridized carbons (Fsp3) is 0.455. The molecular formula is C22H23F3N4OS. The molecule has 4 rings (SSSR count). The van der Waals surface area contributed by atoms with Crippen molar-refractivity contribution in [3.63, 3.8) is 0 Å². The number of carbonyl (C=O) groups excluding carboxylic acids is 1. The van der Waals surface area contributed by atoms with Gasteiger partial charge in [0.1, 0.15) is 17.2 Å². The Labute approximate surface area is 182 Å². The highest BCUT2D eigenvalue weighted by Crippen LogP contribution is 2.41. The first-order valence-electron chi connectivity index (χ1n) is 10.3. The van der Waals surface area contributed by atoms with E-state index in [0.717, 1.165) is 46.1 Å². The first-order chi connectivity index (χ1) is 14.7. The number of pyridine rings is 2. The van der Waals surface area contributed by atoms with Gasteiger partial charge >= 0.3 is 6.18 Å². The molecule has 0 saturated heterocycles. The number of fused-ring (bicyclic) bond motifs is 1. The number of alkyl halides is 3. The van der Waals surface area contributed by atoms with Crippen LogP contribution in [-0.2, 0) is 6.18 Å². The summed E-state index contributed by atoms with van der Waals surface area (Å²) in [7, 11) is 0. The van der Waals surface area contributed by atoms with Crippen LogP contribution in [0.5, 0.6) is 0 Å².